The molecule has 6 atom stereocenters. The quantitative estimate of drug-likeness (QED) is 0.663. The van der Waals surface area contributed by atoms with E-state index in [2.05, 4.69) is 10.6 Å². The van der Waals surface area contributed by atoms with Gasteiger partial charge in [0.2, 0.25) is 17.7 Å². The molecule has 3 amide bonds. The molecule has 0 radical (unpaired) electrons. The lowest BCUT2D eigenvalue weighted by Crippen LogP contribution is -2.55. The molecule has 8 heteroatoms. The number of aliphatic hydroxyl groups excluding tert-OH is 1. The number of hydrogen-bond acceptors (Lipinski definition) is 5. The number of rotatable bonds is 3. The molecule has 7 nitrogen and oxygen atoms in total. The van der Waals surface area contributed by atoms with Gasteiger partial charge >= 0.3 is 0 Å². The van der Waals surface area contributed by atoms with E-state index in [1.165, 1.54) is 4.90 Å². The van der Waals surface area contributed by atoms with Crippen molar-refractivity contribution in [3.8, 4) is 0 Å². The second-order valence-electron chi connectivity index (χ2n) is 8.15. The van der Waals surface area contributed by atoms with Crippen molar-refractivity contribution in [3.63, 3.8) is 0 Å². The van der Waals surface area contributed by atoms with Gasteiger partial charge in [-0.2, -0.15) is 0 Å². The lowest BCUT2D eigenvalue weighted by atomic mass is 9.76. The van der Waals surface area contributed by atoms with Crippen LogP contribution in [0.25, 0.3) is 0 Å². The maximum absolute atomic E-state index is 13.4. The summed E-state index contributed by atoms with van der Waals surface area (Å²) in [5.41, 5.74) is 0.436. The predicted molar refractivity (Wildman–Crippen MR) is 104 cm³/mol. The number of carbonyl (C=O) groups excluding carboxylic acids is 3. The van der Waals surface area contributed by atoms with Crippen LogP contribution in [-0.2, 0) is 19.9 Å². The van der Waals surface area contributed by atoms with E-state index in [0.29, 0.717) is 22.7 Å². The van der Waals surface area contributed by atoms with Crippen LogP contribution >= 0.6 is 11.6 Å². The Bertz CT molecular complexity index is 902. The highest BCUT2D eigenvalue weighted by molar-refractivity contribution is 6.35. The van der Waals surface area contributed by atoms with Crippen LogP contribution in [0.5, 0.6) is 0 Å². The van der Waals surface area contributed by atoms with Crippen molar-refractivity contribution in [2.75, 3.05) is 5.32 Å². The predicted octanol–water partition coefficient (Wildman–Crippen LogP) is 1.55. The SMILES string of the molecule is CC[C@H](C)N1C(=O)[C@@H]2[C@@H]([C@@H](C)O)N[C@]3(C(=O)Nc4c(Cl)cc(C)cc43)[C@@H]2C1=O. The minimum Gasteiger partial charge on any atom is -0.392 e. The van der Waals surface area contributed by atoms with Crippen molar-refractivity contribution in [2.45, 2.75) is 57.8 Å². The number of halogens is 1. The van der Waals surface area contributed by atoms with Gasteiger partial charge in [-0.3, -0.25) is 24.6 Å². The number of anilines is 1. The third kappa shape index (κ3) is 2.27. The first-order chi connectivity index (χ1) is 13.1. The number of carbonyl (C=O) groups is 3. The maximum Gasteiger partial charge on any atom is 0.250 e. The monoisotopic (exact) mass is 405 g/mol. The van der Waals surface area contributed by atoms with E-state index in [0.717, 1.165) is 5.56 Å². The average Bonchev–Trinajstić information content (AvgIpc) is 3.21. The number of benzene rings is 1. The average molecular weight is 406 g/mol. The third-order valence-electron chi connectivity index (χ3n) is 6.44. The summed E-state index contributed by atoms with van der Waals surface area (Å²) in [6, 6.07) is 2.57. The highest BCUT2D eigenvalue weighted by Gasteiger charge is 2.71. The third-order valence-corrected chi connectivity index (χ3v) is 6.74. The van der Waals surface area contributed by atoms with E-state index >= 15 is 0 Å². The van der Waals surface area contributed by atoms with Crippen LogP contribution < -0.4 is 10.6 Å². The van der Waals surface area contributed by atoms with Gasteiger partial charge in [0.15, 0.2) is 0 Å². The molecule has 1 spiro atoms. The number of nitrogens with zero attached hydrogens (tertiary/aromatic N) is 1. The molecule has 3 aliphatic heterocycles. The summed E-state index contributed by atoms with van der Waals surface area (Å²) < 4.78 is 0. The smallest absolute Gasteiger partial charge is 0.250 e. The molecule has 2 fully saturated rings. The number of hydrogen-bond donors (Lipinski definition) is 3. The normalized spacial score (nSPS) is 33.3. The first-order valence-corrected chi connectivity index (χ1v) is 9.97. The Morgan fingerprint density at radius 1 is 1.25 bits per heavy atom. The number of amides is 3. The molecular weight excluding hydrogens is 382 g/mol. The second kappa shape index (κ2) is 6.27. The zero-order chi connectivity index (χ0) is 20.5. The summed E-state index contributed by atoms with van der Waals surface area (Å²) in [5.74, 6) is -2.86. The van der Waals surface area contributed by atoms with Gasteiger partial charge < -0.3 is 10.4 Å². The maximum atomic E-state index is 13.4. The molecule has 0 unspecified atom stereocenters. The number of aryl methyl sites for hydroxylation is 1. The first kappa shape index (κ1) is 19.4. The van der Waals surface area contributed by atoms with Crippen LogP contribution in [0.4, 0.5) is 5.69 Å². The van der Waals surface area contributed by atoms with Gasteiger partial charge in [0, 0.05) is 17.6 Å². The fraction of sp³-hybridized carbons (Fsp3) is 0.550. The summed E-state index contributed by atoms with van der Waals surface area (Å²) in [6.07, 6.45) is -0.303. The van der Waals surface area contributed by atoms with E-state index < -0.39 is 35.4 Å². The Morgan fingerprint density at radius 2 is 1.93 bits per heavy atom. The van der Waals surface area contributed by atoms with Crippen molar-refractivity contribution in [3.05, 3.63) is 28.3 Å². The highest BCUT2D eigenvalue weighted by atomic mass is 35.5. The van der Waals surface area contributed by atoms with E-state index in [-0.39, 0.29) is 17.9 Å². The van der Waals surface area contributed by atoms with Gasteiger partial charge in [0.05, 0.1) is 28.6 Å². The Labute approximate surface area is 168 Å². The Kier molecular flexibility index (Phi) is 4.34. The highest BCUT2D eigenvalue weighted by Crippen LogP contribution is 2.55. The number of likely N-dealkylation sites (tertiary alicyclic amines) is 1. The minimum atomic E-state index is -1.42. The van der Waals surface area contributed by atoms with Crippen molar-refractivity contribution in [2.24, 2.45) is 11.8 Å². The second-order valence-corrected chi connectivity index (χ2v) is 8.56. The number of fused-ring (bicyclic) bond motifs is 4. The fourth-order valence-electron chi connectivity index (χ4n) is 4.98. The summed E-state index contributed by atoms with van der Waals surface area (Å²) in [7, 11) is 0. The van der Waals surface area contributed by atoms with Crippen LogP contribution in [0.3, 0.4) is 0 Å². The Hall–Kier alpha value is -1.96. The molecule has 3 N–H and O–H groups in total. The lowest BCUT2D eigenvalue weighted by molar-refractivity contribution is -0.145. The summed E-state index contributed by atoms with van der Waals surface area (Å²) in [5, 5.41) is 16.7. The zero-order valence-electron chi connectivity index (χ0n) is 16.2. The topological polar surface area (TPSA) is 98.7 Å². The van der Waals surface area contributed by atoms with Crippen LogP contribution in [0.2, 0.25) is 5.02 Å². The molecule has 1 aromatic carbocycles. The molecule has 2 saturated heterocycles. The zero-order valence-corrected chi connectivity index (χ0v) is 17.0. The summed E-state index contributed by atoms with van der Waals surface area (Å²) >= 11 is 6.36. The number of aliphatic hydroxyl groups is 1. The van der Waals surface area contributed by atoms with E-state index in [1.54, 1.807) is 13.0 Å². The van der Waals surface area contributed by atoms with Gasteiger partial charge in [-0.1, -0.05) is 24.6 Å². The van der Waals surface area contributed by atoms with Crippen molar-refractivity contribution in [1.29, 1.82) is 0 Å². The molecule has 1 aromatic rings. The largest absolute Gasteiger partial charge is 0.392 e. The summed E-state index contributed by atoms with van der Waals surface area (Å²) in [4.78, 5) is 41.1. The molecule has 150 valence electrons. The van der Waals surface area contributed by atoms with Gasteiger partial charge in [0.25, 0.3) is 0 Å². The van der Waals surface area contributed by atoms with Crippen LogP contribution in [0.15, 0.2) is 12.1 Å². The Balaban J connectivity index is 1.94. The summed E-state index contributed by atoms with van der Waals surface area (Å²) in [6.45, 7) is 7.14. The molecular formula is C20H24ClN3O4. The van der Waals surface area contributed by atoms with Crippen molar-refractivity contribution >= 4 is 35.0 Å². The van der Waals surface area contributed by atoms with Gasteiger partial charge in [0.1, 0.15) is 5.54 Å². The molecule has 0 saturated carbocycles. The van der Waals surface area contributed by atoms with Gasteiger partial charge in [-0.25, -0.2) is 0 Å². The lowest BCUT2D eigenvalue weighted by Gasteiger charge is -2.31. The molecule has 0 aromatic heterocycles. The fourth-order valence-corrected chi connectivity index (χ4v) is 5.30. The van der Waals surface area contributed by atoms with Crippen LogP contribution in [0, 0.1) is 18.8 Å². The van der Waals surface area contributed by atoms with Crippen LogP contribution in [0.1, 0.15) is 38.3 Å². The van der Waals surface area contributed by atoms with Gasteiger partial charge in [-0.05, 0) is 38.8 Å². The van der Waals surface area contributed by atoms with E-state index in [1.807, 2.05) is 26.8 Å². The van der Waals surface area contributed by atoms with E-state index in [9.17, 15) is 19.5 Å². The van der Waals surface area contributed by atoms with Gasteiger partial charge in [-0.15, -0.1) is 0 Å². The molecule has 0 aliphatic carbocycles. The number of imide groups is 1. The first-order valence-electron chi connectivity index (χ1n) is 9.59. The molecule has 3 heterocycles. The van der Waals surface area contributed by atoms with Crippen molar-refractivity contribution < 1.29 is 19.5 Å². The molecule has 28 heavy (non-hydrogen) atoms. The minimum absolute atomic E-state index is 0.276. The van der Waals surface area contributed by atoms with Crippen molar-refractivity contribution in [1.82, 2.24) is 10.2 Å². The molecule has 0 bridgehead atoms. The molecule has 3 aliphatic rings. The number of nitrogens with one attached hydrogen (secondary N) is 2. The Morgan fingerprint density at radius 3 is 2.54 bits per heavy atom. The van der Waals surface area contributed by atoms with E-state index in [4.69, 9.17) is 11.6 Å². The molecule has 4 rings (SSSR count). The van der Waals surface area contributed by atoms with Crippen LogP contribution in [-0.4, -0.2) is 45.9 Å². The standard InChI is InChI=1S/C20H24ClN3O4/c1-5-9(3)24-17(26)13-14(18(24)27)20(23-15(13)10(4)25)11-6-8(2)7-12(21)16(11)22-19(20)28/h6-7,9-10,13-15,23,25H,5H2,1-4H3,(H,22,28)/t9-,10+,13-,14-,15+,20-/m0/s1.